The van der Waals surface area contributed by atoms with Gasteiger partial charge in [-0.25, -0.2) is 0 Å². The molecule has 0 saturated heterocycles. The first-order valence-corrected chi connectivity index (χ1v) is 9.11. The number of aromatic nitrogens is 3. The standard InChI is InChI=1S/C22H18N4O4/c1-28-19-3-2-17(12-21(19)29-14-15-4-8-23-9-5-15)25-22(27)18-13-20(30-26-18)16-6-10-24-11-7-16/h2-13H,14H2,1H3,(H,25,27). The number of anilines is 1. The summed E-state index contributed by atoms with van der Waals surface area (Å²) >= 11 is 0. The molecule has 0 aliphatic heterocycles. The van der Waals surface area contributed by atoms with Crippen molar-refractivity contribution in [3.63, 3.8) is 0 Å². The Morgan fingerprint density at radius 1 is 0.967 bits per heavy atom. The molecule has 3 heterocycles. The van der Waals surface area contributed by atoms with E-state index in [0.29, 0.717) is 29.6 Å². The number of nitrogens with one attached hydrogen (secondary N) is 1. The zero-order valence-electron chi connectivity index (χ0n) is 16.1. The molecule has 0 spiro atoms. The van der Waals surface area contributed by atoms with Gasteiger partial charge in [-0.1, -0.05) is 5.16 Å². The number of hydrogen-bond donors (Lipinski definition) is 1. The fraction of sp³-hybridized carbons (Fsp3) is 0.0909. The predicted molar refractivity (Wildman–Crippen MR) is 109 cm³/mol. The van der Waals surface area contributed by atoms with Crippen LogP contribution in [0.4, 0.5) is 5.69 Å². The highest BCUT2D eigenvalue weighted by molar-refractivity contribution is 6.03. The SMILES string of the molecule is COc1ccc(NC(=O)c2cc(-c3ccncc3)on2)cc1OCc1ccncc1. The van der Waals surface area contributed by atoms with Crippen molar-refractivity contribution in [2.24, 2.45) is 0 Å². The highest BCUT2D eigenvalue weighted by Crippen LogP contribution is 2.31. The first kappa shape index (κ1) is 19.1. The minimum absolute atomic E-state index is 0.164. The summed E-state index contributed by atoms with van der Waals surface area (Å²) in [5.41, 5.74) is 2.45. The maximum Gasteiger partial charge on any atom is 0.277 e. The van der Waals surface area contributed by atoms with Crippen LogP contribution in [0.25, 0.3) is 11.3 Å². The number of methoxy groups -OCH3 is 1. The van der Waals surface area contributed by atoms with Crippen LogP contribution >= 0.6 is 0 Å². The largest absolute Gasteiger partial charge is 0.493 e. The highest BCUT2D eigenvalue weighted by atomic mass is 16.5. The first-order chi connectivity index (χ1) is 14.7. The first-order valence-electron chi connectivity index (χ1n) is 9.11. The van der Waals surface area contributed by atoms with Gasteiger partial charge in [0.1, 0.15) is 6.61 Å². The molecule has 0 unspecified atom stereocenters. The molecule has 8 nitrogen and oxygen atoms in total. The summed E-state index contributed by atoms with van der Waals surface area (Å²) in [6, 6.07) is 14.0. The van der Waals surface area contributed by atoms with E-state index in [1.54, 1.807) is 68.3 Å². The van der Waals surface area contributed by atoms with Crippen LogP contribution in [0.1, 0.15) is 16.1 Å². The molecule has 0 fully saturated rings. The van der Waals surface area contributed by atoms with Crippen molar-refractivity contribution in [3.8, 4) is 22.8 Å². The van der Waals surface area contributed by atoms with Crippen LogP contribution in [0.2, 0.25) is 0 Å². The molecule has 0 aliphatic carbocycles. The number of ether oxygens (including phenoxy) is 2. The van der Waals surface area contributed by atoms with Crippen molar-refractivity contribution in [1.29, 1.82) is 0 Å². The Morgan fingerprint density at radius 2 is 1.70 bits per heavy atom. The van der Waals surface area contributed by atoms with E-state index in [1.165, 1.54) is 0 Å². The Morgan fingerprint density at radius 3 is 2.43 bits per heavy atom. The molecular formula is C22H18N4O4. The molecule has 3 aromatic heterocycles. The van der Waals surface area contributed by atoms with Gasteiger partial charge in [0.05, 0.1) is 7.11 Å². The Hall–Kier alpha value is -4.20. The Bertz CT molecular complexity index is 1130. The van der Waals surface area contributed by atoms with E-state index in [2.05, 4.69) is 20.4 Å². The van der Waals surface area contributed by atoms with Crippen LogP contribution in [-0.4, -0.2) is 28.1 Å². The minimum atomic E-state index is -0.399. The molecule has 4 rings (SSSR count). The van der Waals surface area contributed by atoms with Gasteiger partial charge in [-0.05, 0) is 42.0 Å². The fourth-order valence-electron chi connectivity index (χ4n) is 2.74. The molecule has 30 heavy (non-hydrogen) atoms. The van der Waals surface area contributed by atoms with Gasteiger partial charge in [0.2, 0.25) is 0 Å². The van der Waals surface area contributed by atoms with Crippen LogP contribution in [0, 0.1) is 0 Å². The van der Waals surface area contributed by atoms with Crippen LogP contribution in [0.5, 0.6) is 11.5 Å². The summed E-state index contributed by atoms with van der Waals surface area (Å²) < 4.78 is 16.5. The monoisotopic (exact) mass is 402 g/mol. The second-order valence-corrected chi connectivity index (χ2v) is 6.28. The summed E-state index contributed by atoms with van der Waals surface area (Å²) in [6.45, 7) is 0.342. The van der Waals surface area contributed by atoms with E-state index >= 15 is 0 Å². The maximum absolute atomic E-state index is 12.6. The summed E-state index contributed by atoms with van der Waals surface area (Å²) in [6.07, 6.45) is 6.68. The predicted octanol–water partition coefficient (Wildman–Crippen LogP) is 3.97. The molecule has 0 atom stereocenters. The lowest BCUT2D eigenvalue weighted by atomic mass is 10.2. The third kappa shape index (κ3) is 4.44. The van der Waals surface area contributed by atoms with E-state index in [-0.39, 0.29) is 5.69 Å². The third-order valence-corrected chi connectivity index (χ3v) is 4.27. The van der Waals surface area contributed by atoms with E-state index < -0.39 is 5.91 Å². The molecule has 1 amide bonds. The topological polar surface area (TPSA) is 99.4 Å². The second-order valence-electron chi connectivity index (χ2n) is 6.28. The van der Waals surface area contributed by atoms with Crippen molar-refractivity contribution < 1.29 is 18.8 Å². The van der Waals surface area contributed by atoms with E-state index in [9.17, 15) is 4.79 Å². The number of hydrogen-bond acceptors (Lipinski definition) is 7. The van der Waals surface area contributed by atoms with Gasteiger partial charge in [0.25, 0.3) is 5.91 Å². The van der Waals surface area contributed by atoms with Crippen molar-refractivity contribution in [1.82, 2.24) is 15.1 Å². The number of nitrogens with zero attached hydrogens (tertiary/aromatic N) is 3. The molecule has 1 N–H and O–H groups in total. The van der Waals surface area contributed by atoms with Gasteiger partial charge < -0.3 is 19.3 Å². The Kier molecular flexibility index (Phi) is 5.66. The molecule has 0 aliphatic rings. The summed E-state index contributed by atoms with van der Waals surface area (Å²) in [4.78, 5) is 20.5. The average Bonchev–Trinajstić information content (AvgIpc) is 3.30. The van der Waals surface area contributed by atoms with Crippen molar-refractivity contribution in [2.45, 2.75) is 6.61 Å². The maximum atomic E-state index is 12.6. The Balaban J connectivity index is 1.47. The zero-order valence-corrected chi connectivity index (χ0v) is 16.1. The quantitative estimate of drug-likeness (QED) is 0.499. The van der Waals surface area contributed by atoms with Crippen LogP contribution in [0.15, 0.2) is 77.8 Å². The number of pyridine rings is 2. The molecule has 8 heteroatoms. The molecule has 0 bridgehead atoms. The number of carbonyl (C=O) groups is 1. The van der Waals surface area contributed by atoms with E-state index in [4.69, 9.17) is 14.0 Å². The second kappa shape index (κ2) is 8.87. The molecule has 150 valence electrons. The number of carbonyl (C=O) groups excluding carboxylic acids is 1. The average molecular weight is 402 g/mol. The van der Waals surface area contributed by atoms with Gasteiger partial charge >= 0.3 is 0 Å². The van der Waals surface area contributed by atoms with Crippen LogP contribution < -0.4 is 14.8 Å². The van der Waals surface area contributed by atoms with Crippen molar-refractivity contribution >= 4 is 11.6 Å². The summed E-state index contributed by atoms with van der Waals surface area (Å²) in [5.74, 6) is 1.15. The van der Waals surface area contributed by atoms with Gasteiger partial charge in [0.15, 0.2) is 23.0 Å². The third-order valence-electron chi connectivity index (χ3n) is 4.27. The minimum Gasteiger partial charge on any atom is -0.493 e. The fourth-order valence-corrected chi connectivity index (χ4v) is 2.74. The van der Waals surface area contributed by atoms with Gasteiger partial charge in [-0.3, -0.25) is 14.8 Å². The molecule has 4 aromatic rings. The normalized spacial score (nSPS) is 10.4. The zero-order chi connectivity index (χ0) is 20.8. The van der Waals surface area contributed by atoms with Gasteiger partial charge in [0, 0.05) is 48.2 Å². The van der Waals surface area contributed by atoms with Crippen molar-refractivity contribution in [2.75, 3.05) is 12.4 Å². The van der Waals surface area contributed by atoms with E-state index in [1.807, 2.05) is 12.1 Å². The summed E-state index contributed by atoms with van der Waals surface area (Å²) in [5, 5.41) is 6.65. The van der Waals surface area contributed by atoms with E-state index in [0.717, 1.165) is 11.1 Å². The number of rotatable bonds is 7. The van der Waals surface area contributed by atoms with Gasteiger partial charge in [-0.2, -0.15) is 0 Å². The lowest BCUT2D eigenvalue weighted by Crippen LogP contribution is -2.12. The molecular weight excluding hydrogens is 384 g/mol. The lowest BCUT2D eigenvalue weighted by molar-refractivity contribution is 0.101. The van der Waals surface area contributed by atoms with Crippen LogP contribution in [-0.2, 0) is 6.61 Å². The molecule has 1 aromatic carbocycles. The summed E-state index contributed by atoms with van der Waals surface area (Å²) in [7, 11) is 1.56. The molecule has 0 radical (unpaired) electrons. The van der Waals surface area contributed by atoms with Crippen molar-refractivity contribution in [3.05, 3.63) is 84.6 Å². The van der Waals surface area contributed by atoms with Crippen LogP contribution in [0.3, 0.4) is 0 Å². The molecule has 0 saturated carbocycles. The lowest BCUT2D eigenvalue weighted by Gasteiger charge is -2.12. The number of benzene rings is 1. The van der Waals surface area contributed by atoms with Gasteiger partial charge in [-0.15, -0.1) is 0 Å². The number of amides is 1. The smallest absolute Gasteiger partial charge is 0.277 e. The highest BCUT2D eigenvalue weighted by Gasteiger charge is 2.15. The Labute approximate surface area is 172 Å².